The number of rotatable bonds is 5. The summed E-state index contributed by atoms with van der Waals surface area (Å²) in [5.74, 6) is -0.00379. The molecular formula is C19H29N3O. The van der Waals surface area contributed by atoms with Gasteiger partial charge in [0.05, 0.1) is 0 Å². The minimum Gasteiger partial charge on any atom is -0.353 e. The SMILES string of the molecule is CC(N)C(C)C(=O)NC1CC2CCC(C1)N2Cc1ccccc1. The van der Waals surface area contributed by atoms with Crippen LogP contribution in [0, 0.1) is 5.92 Å². The third-order valence-corrected chi connectivity index (χ3v) is 5.64. The molecule has 1 amide bonds. The van der Waals surface area contributed by atoms with Gasteiger partial charge in [0.1, 0.15) is 0 Å². The summed E-state index contributed by atoms with van der Waals surface area (Å²) in [6.07, 6.45) is 4.65. The second kappa shape index (κ2) is 7.02. The van der Waals surface area contributed by atoms with Gasteiger partial charge in [0.15, 0.2) is 0 Å². The van der Waals surface area contributed by atoms with Crippen molar-refractivity contribution in [1.82, 2.24) is 10.2 Å². The number of carbonyl (C=O) groups is 1. The van der Waals surface area contributed by atoms with Crippen LogP contribution >= 0.6 is 0 Å². The molecule has 4 heteroatoms. The highest BCUT2D eigenvalue weighted by molar-refractivity contribution is 5.79. The number of nitrogens with zero attached hydrogens (tertiary/aromatic N) is 1. The molecule has 1 aromatic carbocycles. The molecule has 3 N–H and O–H groups in total. The van der Waals surface area contributed by atoms with E-state index in [1.54, 1.807) is 0 Å². The molecule has 2 aliphatic rings. The van der Waals surface area contributed by atoms with E-state index >= 15 is 0 Å². The summed E-state index contributed by atoms with van der Waals surface area (Å²) in [5, 5.41) is 3.24. The number of nitrogens with one attached hydrogen (secondary N) is 1. The second-order valence-corrected chi connectivity index (χ2v) is 7.37. The topological polar surface area (TPSA) is 58.4 Å². The summed E-state index contributed by atoms with van der Waals surface area (Å²) in [7, 11) is 0. The van der Waals surface area contributed by atoms with Crippen molar-refractivity contribution in [3.8, 4) is 0 Å². The Morgan fingerprint density at radius 2 is 1.83 bits per heavy atom. The molecule has 4 unspecified atom stereocenters. The van der Waals surface area contributed by atoms with Gasteiger partial charge >= 0.3 is 0 Å². The van der Waals surface area contributed by atoms with Crippen molar-refractivity contribution < 1.29 is 4.79 Å². The van der Waals surface area contributed by atoms with Gasteiger partial charge in [0.25, 0.3) is 0 Å². The summed E-state index contributed by atoms with van der Waals surface area (Å²) >= 11 is 0. The molecule has 0 spiro atoms. The first-order chi connectivity index (χ1) is 11.0. The number of nitrogens with two attached hydrogens (primary N) is 1. The fourth-order valence-corrected chi connectivity index (χ4v) is 4.02. The van der Waals surface area contributed by atoms with Crippen LogP contribution in [-0.2, 0) is 11.3 Å². The van der Waals surface area contributed by atoms with Crippen molar-refractivity contribution in [3.63, 3.8) is 0 Å². The van der Waals surface area contributed by atoms with E-state index in [2.05, 4.69) is 40.5 Å². The van der Waals surface area contributed by atoms with E-state index in [0.29, 0.717) is 18.1 Å². The molecule has 2 heterocycles. The molecule has 0 aliphatic carbocycles. The van der Waals surface area contributed by atoms with Gasteiger partial charge in [0, 0.05) is 36.6 Å². The molecule has 4 nitrogen and oxygen atoms in total. The van der Waals surface area contributed by atoms with E-state index in [9.17, 15) is 4.79 Å². The zero-order valence-corrected chi connectivity index (χ0v) is 14.2. The quantitative estimate of drug-likeness (QED) is 0.876. The third-order valence-electron chi connectivity index (χ3n) is 5.64. The molecular weight excluding hydrogens is 286 g/mol. The van der Waals surface area contributed by atoms with E-state index in [-0.39, 0.29) is 17.9 Å². The third kappa shape index (κ3) is 3.75. The van der Waals surface area contributed by atoms with Crippen LogP contribution in [-0.4, -0.2) is 35.0 Å². The molecule has 126 valence electrons. The molecule has 2 saturated heterocycles. The number of carbonyl (C=O) groups excluding carboxylic acids is 1. The lowest BCUT2D eigenvalue weighted by Crippen LogP contribution is -2.51. The monoisotopic (exact) mass is 315 g/mol. The Balaban J connectivity index is 1.58. The maximum Gasteiger partial charge on any atom is 0.224 e. The van der Waals surface area contributed by atoms with Crippen LogP contribution in [0.5, 0.6) is 0 Å². The fraction of sp³-hybridized carbons (Fsp3) is 0.632. The zero-order chi connectivity index (χ0) is 16.4. The number of fused-ring (bicyclic) bond motifs is 2. The molecule has 4 atom stereocenters. The summed E-state index contributed by atoms with van der Waals surface area (Å²) in [4.78, 5) is 14.9. The van der Waals surface area contributed by atoms with Gasteiger partial charge in [-0.3, -0.25) is 9.69 Å². The zero-order valence-electron chi connectivity index (χ0n) is 14.2. The van der Waals surface area contributed by atoms with Gasteiger partial charge in [-0.05, 0) is 38.2 Å². The lowest BCUT2D eigenvalue weighted by molar-refractivity contribution is -0.126. The average molecular weight is 315 g/mol. The summed E-state index contributed by atoms with van der Waals surface area (Å²) in [5.41, 5.74) is 7.23. The van der Waals surface area contributed by atoms with Gasteiger partial charge in [-0.1, -0.05) is 37.3 Å². The second-order valence-electron chi connectivity index (χ2n) is 7.37. The van der Waals surface area contributed by atoms with Crippen LogP contribution in [0.2, 0.25) is 0 Å². The summed E-state index contributed by atoms with van der Waals surface area (Å²) in [6, 6.07) is 12.1. The van der Waals surface area contributed by atoms with Gasteiger partial charge in [-0.2, -0.15) is 0 Å². The molecule has 23 heavy (non-hydrogen) atoms. The van der Waals surface area contributed by atoms with E-state index < -0.39 is 0 Å². The number of hydrogen-bond donors (Lipinski definition) is 2. The van der Waals surface area contributed by atoms with E-state index in [0.717, 1.165) is 19.4 Å². The highest BCUT2D eigenvalue weighted by atomic mass is 16.2. The Hall–Kier alpha value is -1.39. The standard InChI is InChI=1S/C19H29N3O/c1-13(14(2)20)19(23)21-16-10-17-8-9-18(11-16)22(17)12-15-6-4-3-5-7-15/h3-7,13-14,16-18H,8-12,20H2,1-2H3,(H,21,23). The molecule has 1 aromatic rings. The smallest absolute Gasteiger partial charge is 0.224 e. The Bertz CT molecular complexity index is 517. The summed E-state index contributed by atoms with van der Waals surface area (Å²) in [6.45, 7) is 4.85. The average Bonchev–Trinajstić information content (AvgIpc) is 2.77. The van der Waals surface area contributed by atoms with Crippen molar-refractivity contribution >= 4 is 5.91 Å². The number of benzene rings is 1. The predicted molar refractivity (Wildman–Crippen MR) is 92.8 cm³/mol. The van der Waals surface area contributed by atoms with E-state index in [1.165, 1.54) is 18.4 Å². The lowest BCUT2D eigenvalue weighted by Gasteiger charge is -2.39. The Morgan fingerprint density at radius 3 is 2.39 bits per heavy atom. The number of piperidine rings is 1. The van der Waals surface area contributed by atoms with Crippen LogP contribution in [0.25, 0.3) is 0 Å². The minimum absolute atomic E-state index is 0.0927. The largest absolute Gasteiger partial charge is 0.353 e. The highest BCUT2D eigenvalue weighted by Gasteiger charge is 2.41. The molecule has 2 aliphatic heterocycles. The normalized spacial score (nSPS) is 30.0. The Kier molecular flexibility index (Phi) is 5.02. The molecule has 2 fully saturated rings. The fourth-order valence-electron chi connectivity index (χ4n) is 4.02. The predicted octanol–water partition coefficient (Wildman–Crippen LogP) is 2.28. The lowest BCUT2D eigenvalue weighted by atomic mass is 9.95. The molecule has 2 bridgehead atoms. The first-order valence-electron chi connectivity index (χ1n) is 8.90. The van der Waals surface area contributed by atoms with Crippen molar-refractivity contribution in [3.05, 3.63) is 35.9 Å². The van der Waals surface area contributed by atoms with E-state index in [1.807, 2.05) is 13.8 Å². The first kappa shape index (κ1) is 16.5. The van der Waals surface area contributed by atoms with Crippen molar-refractivity contribution in [2.75, 3.05) is 0 Å². The van der Waals surface area contributed by atoms with E-state index in [4.69, 9.17) is 5.73 Å². The molecule has 0 aromatic heterocycles. The van der Waals surface area contributed by atoms with Crippen LogP contribution in [0.3, 0.4) is 0 Å². The maximum absolute atomic E-state index is 12.3. The molecule has 3 rings (SSSR count). The van der Waals surface area contributed by atoms with Crippen LogP contribution in [0.4, 0.5) is 0 Å². The van der Waals surface area contributed by atoms with Crippen LogP contribution in [0.1, 0.15) is 45.1 Å². The molecule has 0 saturated carbocycles. The number of amides is 1. The Labute approximate surface area is 139 Å². The van der Waals surface area contributed by atoms with Gasteiger partial charge in [0.2, 0.25) is 5.91 Å². The van der Waals surface area contributed by atoms with Crippen LogP contribution in [0.15, 0.2) is 30.3 Å². The molecule has 0 radical (unpaired) electrons. The highest BCUT2D eigenvalue weighted by Crippen LogP contribution is 2.36. The minimum atomic E-state index is -0.116. The van der Waals surface area contributed by atoms with Crippen molar-refractivity contribution in [2.45, 2.75) is 70.2 Å². The maximum atomic E-state index is 12.3. The van der Waals surface area contributed by atoms with Crippen molar-refractivity contribution in [1.29, 1.82) is 0 Å². The van der Waals surface area contributed by atoms with Crippen LogP contribution < -0.4 is 11.1 Å². The van der Waals surface area contributed by atoms with Gasteiger partial charge < -0.3 is 11.1 Å². The summed E-state index contributed by atoms with van der Waals surface area (Å²) < 4.78 is 0. The Morgan fingerprint density at radius 1 is 1.22 bits per heavy atom. The van der Waals surface area contributed by atoms with Crippen molar-refractivity contribution in [2.24, 2.45) is 11.7 Å². The number of hydrogen-bond acceptors (Lipinski definition) is 3. The first-order valence-corrected chi connectivity index (χ1v) is 8.90. The van der Waals surface area contributed by atoms with Gasteiger partial charge in [-0.15, -0.1) is 0 Å². The van der Waals surface area contributed by atoms with Gasteiger partial charge in [-0.25, -0.2) is 0 Å².